The Labute approximate surface area is 89.2 Å². The van der Waals surface area contributed by atoms with Crippen LogP contribution in [0.3, 0.4) is 0 Å². The van der Waals surface area contributed by atoms with Crippen molar-refractivity contribution >= 4 is 12.1 Å². The second-order valence-corrected chi connectivity index (χ2v) is 3.59. The maximum Gasteiger partial charge on any atom is 0.425 e. The Morgan fingerprint density at radius 2 is 1.93 bits per heavy atom. The Hall–Kier alpha value is -1.30. The number of hydrazine groups is 1. The van der Waals surface area contributed by atoms with Crippen molar-refractivity contribution in [2.45, 2.75) is 26.9 Å². The van der Waals surface area contributed by atoms with Gasteiger partial charge in [-0.1, -0.05) is 13.8 Å². The van der Waals surface area contributed by atoms with Crippen LogP contribution in [0.1, 0.15) is 20.8 Å². The van der Waals surface area contributed by atoms with Crippen molar-refractivity contribution in [1.82, 2.24) is 10.4 Å². The first-order valence-corrected chi connectivity index (χ1v) is 4.76. The van der Waals surface area contributed by atoms with E-state index in [1.165, 1.54) is 11.9 Å². The van der Waals surface area contributed by atoms with E-state index in [-0.39, 0.29) is 5.92 Å². The van der Waals surface area contributed by atoms with E-state index in [1.807, 2.05) is 13.8 Å². The third-order valence-corrected chi connectivity index (χ3v) is 1.66. The summed E-state index contributed by atoms with van der Waals surface area (Å²) >= 11 is 0. The topological polar surface area (TPSA) is 78.9 Å². The number of amides is 1. The molecule has 0 rings (SSSR count). The lowest BCUT2D eigenvalue weighted by atomic mass is 10.2. The molecule has 2 N–H and O–H groups in total. The predicted molar refractivity (Wildman–Crippen MR) is 54.2 cm³/mol. The highest BCUT2D eigenvalue weighted by Crippen LogP contribution is 2.00. The Kier molecular flexibility index (Phi) is 5.69. The Balaban J connectivity index is 4.21. The summed E-state index contributed by atoms with van der Waals surface area (Å²) in [6.45, 7) is 5.65. The lowest BCUT2D eigenvalue weighted by Gasteiger charge is -2.23. The molecule has 0 aromatic heterocycles. The standard InChI is InChI=1S/C9H18N2O4/c1-6(2)5-11(10-4)9(14)15-7(3)8(12)13/h6-7,10H,5H2,1-4H3,(H,12,13). The molecule has 0 radical (unpaired) electrons. The third kappa shape index (κ3) is 5.21. The number of hydrogen-bond acceptors (Lipinski definition) is 4. The number of carbonyl (C=O) groups is 2. The van der Waals surface area contributed by atoms with E-state index in [4.69, 9.17) is 9.84 Å². The van der Waals surface area contributed by atoms with Gasteiger partial charge in [0.15, 0.2) is 6.10 Å². The molecule has 0 fully saturated rings. The van der Waals surface area contributed by atoms with Gasteiger partial charge >= 0.3 is 12.1 Å². The fourth-order valence-corrected chi connectivity index (χ4v) is 0.888. The molecule has 0 aliphatic rings. The molecular formula is C9H18N2O4. The van der Waals surface area contributed by atoms with Gasteiger partial charge in [0.25, 0.3) is 0 Å². The molecule has 6 nitrogen and oxygen atoms in total. The first-order chi connectivity index (χ1) is 6.88. The van der Waals surface area contributed by atoms with Crippen LogP contribution in [-0.2, 0) is 9.53 Å². The maximum absolute atomic E-state index is 11.4. The van der Waals surface area contributed by atoms with Crippen LogP contribution in [-0.4, -0.2) is 41.9 Å². The largest absolute Gasteiger partial charge is 0.479 e. The highest BCUT2D eigenvalue weighted by Gasteiger charge is 2.21. The summed E-state index contributed by atoms with van der Waals surface area (Å²) in [7, 11) is 1.58. The van der Waals surface area contributed by atoms with Gasteiger partial charge in [0, 0.05) is 13.6 Å². The molecule has 0 aromatic rings. The smallest absolute Gasteiger partial charge is 0.425 e. The van der Waals surface area contributed by atoms with Crippen LogP contribution < -0.4 is 5.43 Å². The number of hydrogen-bond donors (Lipinski definition) is 2. The van der Waals surface area contributed by atoms with E-state index in [2.05, 4.69) is 5.43 Å². The van der Waals surface area contributed by atoms with E-state index in [0.29, 0.717) is 6.54 Å². The number of nitrogens with zero attached hydrogens (tertiary/aromatic N) is 1. The van der Waals surface area contributed by atoms with Gasteiger partial charge in [-0.15, -0.1) is 0 Å². The number of carboxylic acid groups (broad SMARTS) is 1. The first kappa shape index (κ1) is 13.7. The molecular weight excluding hydrogens is 200 g/mol. The zero-order valence-electron chi connectivity index (χ0n) is 9.48. The predicted octanol–water partition coefficient (Wildman–Crippen LogP) is 0.688. The SMILES string of the molecule is CNN(CC(C)C)C(=O)OC(C)C(=O)O. The molecule has 0 saturated heterocycles. The van der Waals surface area contributed by atoms with Crippen LogP contribution in [0.5, 0.6) is 0 Å². The zero-order chi connectivity index (χ0) is 12.0. The molecule has 0 aromatic carbocycles. The summed E-state index contributed by atoms with van der Waals surface area (Å²) in [5, 5.41) is 9.79. The summed E-state index contributed by atoms with van der Waals surface area (Å²) in [6.07, 6.45) is -1.82. The Morgan fingerprint density at radius 1 is 1.40 bits per heavy atom. The first-order valence-electron chi connectivity index (χ1n) is 4.76. The van der Waals surface area contributed by atoms with Gasteiger partial charge in [0.2, 0.25) is 0 Å². The monoisotopic (exact) mass is 218 g/mol. The summed E-state index contributed by atoms with van der Waals surface area (Å²) in [5.74, 6) is -0.894. The molecule has 0 aliphatic carbocycles. The summed E-state index contributed by atoms with van der Waals surface area (Å²) in [4.78, 5) is 21.9. The number of carbonyl (C=O) groups excluding carboxylic acids is 1. The van der Waals surface area contributed by atoms with Gasteiger partial charge in [0.05, 0.1) is 0 Å². The van der Waals surface area contributed by atoms with Crippen molar-refractivity contribution in [3.8, 4) is 0 Å². The van der Waals surface area contributed by atoms with Crippen molar-refractivity contribution in [3.63, 3.8) is 0 Å². The number of nitrogens with one attached hydrogen (secondary N) is 1. The maximum atomic E-state index is 11.4. The Bertz CT molecular complexity index is 230. The zero-order valence-corrected chi connectivity index (χ0v) is 9.48. The molecule has 0 bridgehead atoms. The van der Waals surface area contributed by atoms with Crippen LogP contribution in [0.25, 0.3) is 0 Å². The Morgan fingerprint density at radius 3 is 2.27 bits per heavy atom. The molecule has 1 atom stereocenters. The molecule has 0 heterocycles. The van der Waals surface area contributed by atoms with Gasteiger partial charge < -0.3 is 9.84 Å². The minimum absolute atomic E-state index is 0.269. The lowest BCUT2D eigenvalue weighted by molar-refractivity contribution is -0.146. The van der Waals surface area contributed by atoms with E-state index in [1.54, 1.807) is 7.05 Å². The van der Waals surface area contributed by atoms with Crippen LogP contribution in [0.4, 0.5) is 4.79 Å². The van der Waals surface area contributed by atoms with Crippen molar-refractivity contribution in [2.24, 2.45) is 5.92 Å². The van der Waals surface area contributed by atoms with Crippen molar-refractivity contribution in [2.75, 3.05) is 13.6 Å². The highest BCUT2D eigenvalue weighted by molar-refractivity contribution is 5.76. The van der Waals surface area contributed by atoms with Crippen molar-refractivity contribution in [3.05, 3.63) is 0 Å². The van der Waals surface area contributed by atoms with Gasteiger partial charge in [0.1, 0.15) is 0 Å². The summed E-state index contributed by atoms with van der Waals surface area (Å²) in [6, 6.07) is 0. The minimum Gasteiger partial charge on any atom is -0.479 e. The van der Waals surface area contributed by atoms with E-state index in [0.717, 1.165) is 0 Å². The van der Waals surface area contributed by atoms with Crippen LogP contribution in [0.2, 0.25) is 0 Å². The molecule has 88 valence electrons. The molecule has 6 heteroatoms. The third-order valence-electron chi connectivity index (χ3n) is 1.66. The number of rotatable bonds is 5. The van der Waals surface area contributed by atoms with Crippen molar-refractivity contribution < 1.29 is 19.4 Å². The van der Waals surface area contributed by atoms with Crippen LogP contribution >= 0.6 is 0 Å². The molecule has 1 unspecified atom stereocenters. The lowest BCUT2D eigenvalue weighted by Crippen LogP contribution is -2.44. The molecule has 0 spiro atoms. The molecule has 0 aliphatic heterocycles. The van der Waals surface area contributed by atoms with Crippen molar-refractivity contribution in [1.29, 1.82) is 0 Å². The summed E-state index contributed by atoms with van der Waals surface area (Å²) in [5.41, 5.74) is 2.64. The quantitative estimate of drug-likeness (QED) is 0.664. The minimum atomic E-state index is -1.16. The fraction of sp³-hybridized carbons (Fsp3) is 0.778. The van der Waals surface area contributed by atoms with Gasteiger partial charge in [-0.25, -0.2) is 20.0 Å². The average molecular weight is 218 g/mol. The van der Waals surface area contributed by atoms with Gasteiger partial charge in [-0.3, -0.25) is 0 Å². The van der Waals surface area contributed by atoms with Gasteiger partial charge in [-0.2, -0.15) is 0 Å². The molecule has 1 amide bonds. The van der Waals surface area contributed by atoms with Crippen LogP contribution in [0.15, 0.2) is 0 Å². The van der Waals surface area contributed by atoms with E-state index in [9.17, 15) is 9.59 Å². The number of ether oxygens (including phenoxy) is 1. The van der Waals surface area contributed by atoms with E-state index >= 15 is 0 Å². The second kappa shape index (κ2) is 6.23. The number of aliphatic carboxylic acids is 1. The normalized spacial score (nSPS) is 12.3. The molecule has 15 heavy (non-hydrogen) atoms. The average Bonchev–Trinajstić information content (AvgIpc) is 2.13. The van der Waals surface area contributed by atoms with Gasteiger partial charge in [-0.05, 0) is 12.8 Å². The highest BCUT2D eigenvalue weighted by atomic mass is 16.6. The molecule has 0 saturated carbocycles. The fourth-order valence-electron chi connectivity index (χ4n) is 0.888. The second-order valence-electron chi connectivity index (χ2n) is 3.59. The van der Waals surface area contributed by atoms with Crippen LogP contribution in [0, 0.1) is 5.92 Å². The summed E-state index contributed by atoms with van der Waals surface area (Å²) < 4.78 is 4.69. The van der Waals surface area contributed by atoms with E-state index < -0.39 is 18.2 Å². The number of carboxylic acids is 1.